The third-order valence-electron chi connectivity index (χ3n) is 4.14. The summed E-state index contributed by atoms with van der Waals surface area (Å²) in [4.78, 5) is 14.2. The van der Waals surface area contributed by atoms with Gasteiger partial charge in [-0.1, -0.05) is 17.7 Å². The molecule has 0 atom stereocenters. The van der Waals surface area contributed by atoms with Crippen LogP contribution in [0.15, 0.2) is 18.2 Å². The average molecular weight is 375 g/mol. The molecule has 2 rings (SSSR count). The number of amides is 1. The van der Waals surface area contributed by atoms with E-state index in [0.717, 1.165) is 5.56 Å². The number of sulfonamides is 1. The van der Waals surface area contributed by atoms with Crippen molar-refractivity contribution in [2.24, 2.45) is 0 Å². The van der Waals surface area contributed by atoms with Crippen LogP contribution in [0.25, 0.3) is 0 Å². The van der Waals surface area contributed by atoms with Gasteiger partial charge in [0.2, 0.25) is 15.9 Å². The molecule has 1 heterocycles. The van der Waals surface area contributed by atoms with Crippen LogP contribution in [-0.2, 0) is 21.2 Å². The smallest absolute Gasteiger partial charge is 0.227 e. The van der Waals surface area contributed by atoms with Gasteiger partial charge in [-0.2, -0.15) is 0 Å². The quantitative estimate of drug-likeness (QED) is 0.787. The van der Waals surface area contributed by atoms with Crippen molar-refractivity contribution in [1.82, 2.24) is 9.21 Å². The highest BCUT2D eigenvalue weighted by Gasteiger charge is 2.25. The Bertz CT molecular complexity index is 693. The zero-order valence-electron chi connectivity index (χ0n) is 14.0. The van der Waals surface area contributed by atoms with E-state index in [1.165, 1.54) is 4.31 Å². The first-order valence-electron chi connectivity index (χ1n) is 7.95. The zero-order chi connectivity index (χ0) is 17.7. The molecule has 1 saturated heterocycles. The maximum Gasteiger partial charge on any atom is 0.227 e. The lowest BCUT2D eigenvalue weighted by atomic mass is 10.1. The van der Waals surface area contributed by atoms with Crippen LogP contribution in [0, 0.1) is 0 Å². The van der Waals surface area contributed by atoms with Gasteiger partial charge in [-0.25, -0.2) is 12.7 Å². The molecule has 0 unspecified atom stereocenters. The Hall–Kier alpha value is -1.31. The number of hydrogen-bond acceptors (Lipinski definition) is 4. The van der Waals surface area contributed by atoms with Gasteiger partial charge in [-0.05, 0) is 31.0 Å². The van der Waals surface area contributed by atoms with Gasteiger partial charge in [0.05, 0.1) is 24.3 Å². The Morgan fingerprint density at radius 3 is 2.62 bits per heavy atom. The molecule has 1 aromatic carbocycles. The second-order valence-electron chi connectivity index (χ2n) is 5.68. The van der Waals surface area contributed by atoms with E-state index in [2.05, 4.69) is 0 Å². The maximum absolute atomic E-state index is 12.5. The highest BCUT2D eigenvalue weighted by molar-refractivity contribution is 7.89. The van der Waals surface area contributed by atoms with Gasteiger partial charge in [-0.15, -0.1) is 0 Å². The fourth-order valence-electron chi connectivity index (χ4n) is 2.71. The lowest BCUT2D eigenvalue weighted by molar-refractivity contribution is -0.130. The minimum absolute atomic E-state index is 0.0213. The van der Waals surface area contributed by atoms with Crippen molar-refractivity contribution >= 4 is 27.5 Å². The summed E-state index contributed by atoms with van der Waals surface area (Å²) in [7, 11) is -1.66. The van der Waals surface area contributed by atoms with E-state index in [-0.39, 0.29) is 18.1 Å². The first-order chi connectivity index (χ1) is 11.4. The summed E-state index contributed by atoms with van der Waals surface area (Å²) in [6, 6.07) is 5.28. The molecule has 0 saturated carbocycles. The van der Waals surface area contributed by atoms with E-state index >= 15 is 0 Å². The van der Waals surface area contributed by atoms with Crippen LogP contribution in [0.1, 0.15) is 18.9 Å². The maximum atomic E-state index is 12.5. The van der Waals surface area contributed by atoms with Crippen molar-refractivity contribution in [2.75, 3.05) is 39.0 Å². The number of benzene rings is 1. The number of rotatable bonds is 5. The second-order valence-corrected chi connectivity index (χ2v) is 8.34. The van der Waals surface area contributed by atoms with Gasteiger partial charge in [0.25, 0.3) is 0 Å². The predicted molar refractivity (Wildman–Crippen MR) is 93.9 cm³/mol. The number of nitrogens with zero attached hydrogens (tertiary/aromatic N) is 2. The Morgan fingerprint density at radius 2 is 2.00 bits per heavy atom. The van der Waals surface area contributed by atoms with E-state index in [1.807, 2.05) is 6.07 Å². The Kier molecular flexibility index (Phi) is 6.48. The van der Waals surface area contributed by atoms with E-state index in [4.69, 9.17) is 16.3 Å². The van der Waals surface area contributed by atoms with Gasteiger partial charge in [0.15, 0.2) is 0 Å². The van der Waals surface area contributed by atoms with Crippen molar-refractivity contribution in [1.29, 1.82) is 0 Å². The van der Waals surface area contributed by atoms with Crippen LogP contribution in [0.5, 0.6) is 5.75 Å². The summed E-state index contributed by atoms with van der Waals surface area (Å²) in [6.07, 6.45) is 0.887. The normalized spacial score (nSPS) is 16.7. The molecule has 24 heavy (non-hydrogen) atoms. The second kappa shape index (κ2) is 8.18. The van der Waals surface area contributed by atoms with Crippen molar-refractivity contribution in [3.8, 4) is 5.75 Å². The van der Waals surface area contributed by atoms with E-state index in [1.54, 1.807) is 31.1 Å². The molecule has 1 amide bonds. The number of carbonyl (C=O) groups excluding carboxylic acids is 1. The van der Waals surface area contributed by atoms with E-state index < -0.39 is 10.0 Å². The largest absolute Gasteiger partial charge is 0.495 e. The third kappa shape index (κ3) is 4.62. The summed E-state index contributed by atoms with van der Waals surface area (Å²) < 4.78 is 30.5. The molecule has 1 aliphatic rings. The van der Waals surface area contributed by atoms with Crippen molar-refractivity contribution < 1.29 is 17.9 Å². The Labute approximate surface area is 148 Å². The molecule has 134 valence electrons. The van der Waals surface area contributed by atoms with Gasteiger partial charge in [0.1, 0.15) is 5.75 Å². The molecule has 0 spiro atoms. The third-order valence-corrected chi connectivity index (χ3v) is 6.31. The van der Waals surface area contributed by atoms with Gasteiger partial charge in [-0.3, -0.25) is 4.79 Å². The number of carbonyl (C=O) groups is 1. The summed E-state index contributed by atoms with van der Waals surface area (Å²) in [5.74, 6) is 0.640. The van der Waals surface area contributed by atoms with Gasteiger partial charge < -0.3 is 9.64 Å². The summed E-state index contributed by atoms with van der Waals surface area (Å²) >= 11 is 6.09. The Balaban J connectivity index is 1.99. The molecule has 0 aliphatic carbocycles. The van der Waals surface area contributed by atoms with Gasteiger partial charge >= 0.3 is 0 Å². The molecule has 0 radical (unpaired) electrons. The molecule has 8 heteroatoms. The van der Waals surface area contributed by atoms with E-state index in [9.17, 15) is 13.2 Å². The molecule has 0 bridgehead atoms. The molecule has 6 nitrogen and oxygen atoms in total. The van der Waals surface area contributed by atoms with Crippen LogP contribution < -0.4 is 4.74 Å². The molecule has 1 fully saturated rings. The van der Waals surface area contributed by atoms with Crippen molar-refractivity contribution in [3.63, 3.8) is 0 Å². The highest BCUT2D eigenvalue weighted by atomic mass is 35.5. The summed E-state index contributed by atoms with van der Waals surface area (Å²) in [6.45, 7) is 3.44. The fraction of sp³-hybridized carbons (Fsp3) is 0.562. The molecule has 1 aliphatic heterocycles. The number of halogens is 1. The molecular formula is C16H23ClN2O4S. The number of ether oxygens (including phenoxy) is 1. The number of methoxy groups -OCH3 is 1. The SMILES string of the molecule is CCS(=O)(=O)N1CCCN(C(=O)Cc2ccc(OC)c(Cl)c2)CC1. The van der Waals surface area contributed by atoms with Crippen LogP contribution >= 0.6 is 11.6 Å². The lowest BCUT2D eigenvalue weighted by Gasteiger charge is -2.21. The van der Waals surface area contributed by atoms with Crippen LogP contribution in [0.2, 0.25) is 5.02 Å². The minimum Gasteiger partial charge on any atom is -0.495 e. The van der Waals surface area contributed by atoms with Crippen LogP contribution in [0.4, 0.5) is 0 Å². The first-order valence-corrected chi connectivity index (χ1v) is 9.94. The monoisotopic (exact) mass is 374 g/mol. The fourth-order valence-corrected chi connectivity index (χ4v) is 4.12. The molecule has 1 aromatic rings. The average Bonchev–Trinajstić information content (AvgIpc) is 2.81. The topological polar surface area (TPSA) is 66.9 Å². The first kappa shape index (κ1) is 19.0. The lowest BCUT2D eigenvalue weighted by Crippen LogP contribution is -2.38. The highest BCUT2D eigenvalue weighted by Crippen LogP contribution is 2.25. The van der Waals surface area contributed by atoms with Crippen molar-refractivity contribution in [3.05, 3.63) is 28.8 Å². The van der Waals surface area contributed by atoms with Crippen LogP contribution in [-0.4, -0.2) is 62.6 Å². The summed E-state index contributed by atoms with van der Waals surface area (Å²) in [5, 5.41) is 0.471. The number of hydrogen-bond donors (Lipinski definition) is 0. The summed E-state index contributed by atoms with van der Waals surface area (Å²) in [5.41, 5.74) is 0.813. The van der Waals surface area contributed by atoms with Crippen LogP contribution in [0.3, 0.4) is 0 Å². The molecule has 0 aromatic heterocycles. The molecule has 0 N–H and O–H groups in total. The predicted octanol–water partition coefficient (Wildman–Crippen LogP) is 1.78. The Morgan fingerprint density at radius 1 is 1.25 bits per heavy atom. The zero-order valence-corrected chi connectivity index (χ0v) is 15.6. The minimum atomic E-state index is -3.20. The standard InChI is InChI=1S/C16H23ClN2O4S/c1-3-24(21,22)19-8-4-7-18(9-10-19)16(20)12-13-5-6-15(23-2)14(17)11-13/h5-6,11H,3-4,7-10,12H2,1-2H3. The van der Waals surface area contributed by atoms with Gasteiger partial charge in [0, 0.05) is 26.2 Å². The van der Waals surface area contributed by atoms with Crippen molar-refractivity contribution in [2.45, 2.75) is 19.8 Å². The van der Waals surface area contributed by atoms with E-state index in [0.29, 0.717) is 43.4 Å². The molecular weight excluding hydrogens is 352 g/mol.